The number of ketones is 2. The average molecular weight is 428 g/mol. The Balaban J connectivity index is 0.00000240. The standard InChI is InChI=1S/C19H22FN3O5.ClH/c1-8-6-22(7-12(8)21)14-11(20)5-10-13(18(14)28-2)23(9-3-4-9)15(19(26)27)17(25)16(10)24;/h5,8-9,12,15H,3-4,6-7,21H2,1-2H3,(H,26,27);1H/t8-,12-,15?;/m1./s1. The lowest BCUT2D eigenvalue weighted by Gasteiger charge is -2.37. The van der Waals surface area contributed by atoms with Gasteiger partial charge >= 0.3 is 5.97 Å². The number of benzene rings is 1. The van der Waals surface area contributed by atoms with E-state index >= 15 is 4.39 Å². The Morgan fingerprint density at radius 3 is 2.41 bits per heavy atom. The lowest BCUT2D eigenvalue weighted by Crippen LogP contribution is -2.54. The van der Waals surface area contributed by atoms with Gasteiger partial charge in [-0.25, -0.2) is 9.18 Å². The Hall–Kier alpha value is -2.39. The van der Waals surface area contributed by atoms with Gasteiger partial charge in [0.15, 0.2) is 17.6 Å². The summed E-state index contributed by atoms with van der Waals surface area (Å²) in [6.45, 7) is 2.88. The summed E-state index contributed by atoms with van der Waals surface area (Å²) in [5.74, 6) is -3.94. The van der Waals surface area contributed by atoms with Gasteiger partial charge in [-0.15, -0.1) is 12.4 Å². The van der Waals surface area contributed by atoms with Crippen LogP contribution in [0.4, 0.5) is 15.8 Å². The molecule has 3 aliphatic rings. The van der Waals surface area contributed by atoms with E-state index in [-0.39, 0.29) is 53.1 Å². The van der Waals surface area contributed by atoms with E-state index in [1.165, 1.54) is 12.0 Å². The summed E-state index contributed by atoms with van der Waals surface area (Å²) in [5.41, 5.74) is 6.27. The van der Waals surface area contributed by atoms with Crippen molar-refractivity contribution < 1.29 is 28.6 Å². The van der Waals surface area contributed by atoms with Crippen LogP contribution < -0.4 is 20.3 Å². The molecular weight excluding hydrogens is 405 g/mol. The van der Waals surface area contributed by atoms with E-state index in [0.29, 0.717) is 25.9 Å². The van der Waals surface area contributed by atoms with Crippen molar-refractivity contribution in [2.24, 2.45) is 11.7 Å². The van der Waals surface area contributed by atoms with E-state index in [1.807, 2.05) is 6.92 Å². The number of methoxy groups -OCH3 is 1. The number of nitrogens with two attached hydrogens (primary N) is 1. The number of halogens is 2. The molecule has 1 saturated heterocycles. The van der Waals surface area contributed by atoms with Gasteiger partial charge in [-0.1, -0.05) is 6.92 Å². The second kappa shape index (κ2) is 7.46. The topological polar surface area (TPSA) is 113 Å². The molecule has 0 radical (unpaired) electrons. The molecule has 10 heteroatoms. The van der Waals surface area contributed by atoms with Crippen molar-refractivity contribution in [3.63, 3.8) is 0 Å². The minimum absolute atomic E-state index is 0. The molecule has 2 fully saturated rings. The van der Waals surface area contributed by atoms with Gasteiger partial charge in [0.1, 0.15) is 5.69 Å². The van der Waals surface area contributed by atoms with Crippen molar-refractivity contribution in [3.8, 4) is 5.75 Å². The Morgan fingerprint density at radius 2 is 1.93 bits per heavy atom. The van der Waals surface area contributed by atoms with E-state index < -0.39 is 29.4 Å². The highest BCUT2D eigenvalue weighted by Crippen LogP contribution is 2.49. The Morgan fingerprint density at radius 1 is 1.28 bits per heavy atom. The molecule has 0 bridgehead atoms. The number of hydrogen-bond donors (Lipinski definition) is 2. The first-order valence-corrected chi connectivity index (χ1v) is 9.27. The Bertz CT molecular complexity index is 881. The molecule has 0 spiro atoms. The van der Waals surface area contributed by atoms with Crippen LogP contribution in [0.25, 0.3) is 0 Å². The quantitative estimate of drug-likeness (QED) is 0.545. The number of carboxylic acid groups (broad SMARTS) is 1. The largest absolute Gasteiger partial charge is 0.492 e. The monoisotopic (exact) mass is 427 g/mol. The van der Waals surface area contributed by atoms with Crippen LogP contribution in [0.1, 0.15) is 30.1 Å². The predicted octanol–water partition coefficient (Wildman–Crippen LogP) is 1.23. The molecule has 4 rings (SSSR count). The Labute approximate surface area is 173 Å². The van der Waals surface area contributed by atoms with Crippen LogP contribution in [-0.4, -0.2) is 61.0 Å². The zero-order valence-corrected chi connectivity index (χ0v) is 16.9. The fourth-order valence-corrected chi connectivity index (χ4v) is 4.19. The molecule has 29 heavy (non-hydrogen) atoms. The van der Waals surface area contributed by atoms with Gasteiger partial charge in [0.05, 0.1) is 18.4 Å². The van der Waals surface area contributed by atoms with Gasteiger partial charge in [0, 0.05) is 25.2 Å². The molecule has 3 N–H and O–H groups in total. The summed E-state index contributed by atoms with van der Waals surface area (Å²) in [6, 6.07) is -0.951. The molecule has 2 aliphatic heterocycles. The molecule has 158 valence electrons. The summed E-state index contributed by atoms with van der Waals surface area (Å²) in [6.07, 6.45) is 1.37. The van der Waals surface area contributed by atoms with Crippen molar-refractivity contribution in [2.75, 3.05) is 30.0 Å². The number of anilines is 2. The molecule has 0 aromatic heterocycles. The van der Waals surface area contributed by atoms with Crippen molar-refractivity contribution in [1.82, 2.24) is 0 Å². The van der Waals surface area contributed by atoms with Gasteiger partial charge in [0.2, 0.25) is 11.6 Å². The van der Waals surface area contributed by atoms with Gasteiger partial charge in [0.25, 0.3) is 0 Å². The van der Waals surface area contributed by atoms with Crippen LogP contribution in [0.5, 0.6) is 5.75 Å². The van der Waals surface area contributed by atoms with Crippen molar-refractivity contribution >= 4 is 41.3 Å². The third-order valence-electron chi connectivity index (χ3n) is 5.80. The number of carboxylic acids is 1. The maximum absolute atomic E-state index is 15.1. The highest BCUT2D eigenvalue weighted by molar-refractivity contribution is 6.51. The van der Waals surface area contributed by atoms with Crippen LogP contribution >= 0.6 is 12.4 Å². The third-order valence-corrected chi connectivity index (χ3v) is 5.80. The highest BCUT2D eigenvalue weighted by Gasteiger charge is 2.51. The van der Waals surface area contributed by atoms with Gasteiger partial charge in [-0.3, -0.25) is 9.59 Å². The number of carbonyl (C=O) groups is 3. The van der Waals surface area contributed by atoms with E-state index in [9.17, 15) is 19.5 Å². The number of rotatable bonds is 4. The molecule has 3 atom stereocenters. The fraction of sp³-hybridized carbons (Fsp3) is 0.526. The van der Waals surface area contributed by atoms with Crippen LogP contribution in [0, 0.1) is 11.7 Å². The van der Waals surface area contributed by atoms with E-state index in [1.54, 1.807) is 4.90 Å². The zero-order chi connectivity index (χ0) is 20.3. The predicted molar refractivity (Wildman–Crippen MR) is 106 cm³/mol. The second-order valence-corrected chi connectivity index (χ2v) is 7.76. The first-order chi connectivity index (χ1) is 13.3. The lowest BCUT2D eigenvalue weighted by molar-refractivity contribution is -0.141. The maximum Gasteiger partial charge on any atom is 0.334 e. The normalized spacial score (nSPS) is 26.3. The minimum atomic E-state index is -1.63. The minimum Gasteiger partial charge on any atom is -0.492 e. The molecule has 1 saturated carbocycles. The zero-order valence-electron chi connectivity index (χ0n) is 16.1. The van der Waals surface area contributed by atoms with Gasteiger partial charge in [-0.2, -0.15) is 0 Å². The lowest BCUT2D eigenvalue weighted by atomic mass is 9.91. The number of carbonyl (C=O) groups excluding carboxylic acids is 2. The first kappa shape index (κ1) is 21.3. The average Bonchev–Trinajstić information content (AvgIpc) is 3.42. The summed E-state index contributed by atoms with van der Waals surface area (Å²) in [5, 5.41) is 9.61. The van der Waals surface area contributed by atoms with E-state index in [0.717, 1.165) is 6.07 Å². The molecule has 0 amide bonds. The number of fused-ring (bicyclic) bond motifs is 1. The summed E-state index contributed by atoms with van der Waals surface area (Å²) in [4.78, 5) is 40.0. The van der Waals surface area contributed by atoms with Crippen LogP contribution in [0.15, 0.2) is 6.07 Å². The third kappa shape index (κ3) is 3.22. The summed E-state index contributed by atoms with van der Waals surface area (Å²) in [7, 11) is 1.35. The van der Waals surface area contributed by atoms with Crippen LogP contribution in [0.3, 0.4) is 0 Å². The molecule has 8 nitrogen and oxygen atoms in total. The molecule has 1 aromatic carbocycles. The SMILES string of the molecule is COc1c(N2C[C@@H](C)[C@H](N)C2)c(F)cc2c1N(C1CC1)C(C(=O)O)C(=O)C2=O.Cl. The smallest absolute Gasteiger partial charge is 0.334 e. The highest BCUT2D eigenvalue weighted by atomic mass is 35.5. The molecular formula is C19H23ClFN3O5. The fourth-order valence-electron chi connectivity index (χ4n) is 4.19. The maximum atomic E-state index is 15.1. The Kier molecular flexibility index (Phi) is 5.48. The molecule has 1 unspecified atom stereocenters. The van der Waals surface area contributed by atoms with Crippen molar-refractivity contribution in [2.45, 2.75) is 37.9 Å². The molecule has 1 aliphatic carbocycles. The van der Waals surface area contributed by atoms with Crippen molar-refractivity contribution in [1.29, 1.82) is 0 Å². The number of aliphatic carboxylic acids is 1. The van der Waals surface area contributed by atoms with Crippen molar-refractivity contribution in [3.05, 3.63) is 17.4 Å². The van der Waals surface area contributed by atoms with E-state index in [2.05, 4.69) is 0 Å². The second-order valence-electron chi connectivity index (χ2n) is 7.76. The molecule has 2 heterocycles. The first-order valence-electron chi connectivity index (χ1n) is 9.27. The number of nitrogens with zero attached hydrogens (tertiary/aromatic N) is 2. The summed E-state index contributed by atoms with van der Waals surface area (Å²) < 4.78 is 20.6. The number of Topliss-reactive ketones (excluding diaryl/α,β-unsaturated/α-hetero) is 2. The van der Waals surface area contributed by atoms with Crippen LogP contribution in [0.2, 0.25) is 0 Å². The summed E-state index contributed by atoms with van der Waals surface area (Å²) >= 11 is 0. The van der Waals surface area contributed by atoms with Gasteiger partial charge < -0.3 is 25.4 Å². The van der Waals surface area contributed by atoms with E-state index in [4.69, 9.17) is 10.5 Å². The van der Waals surface area contributed by atoms with Gasteiger partial charge in [-0.05, 0) is 24.8 Å². The molecule has 1 aromatic rings. The number of hydrogen-bond acceptors (Lipinski definition) is 7. The van der Waals surface area contributed by atoms with Crippen LogP contribution in [-0.2, 0) is 9.59 Å². The number of ether oxygens (including phenoxy) is 1.